The van der Waals surface area contributed by atoms with Crippen molar-refractivity contribution in [3.8, 4) is 22.3 Å². The van der Waals surface area contributed by atoms with E-state index in [-0.39, 0.29) is 30.1 Å². The largest absolute Gasteiger partial charge is 0.381 e. The number of nitrogens with one attached hydrogen (secondary N) is 2. The topological polar surface area (TPSA) is 111 Å². The van der Waals surface area contributed by atoms with Gasteiger partial charge in [-0.3, -0.25) is 19.1 Å². The summed E-state index contributed by atoms with van der Waals surface area (Å²) in [5.74, 6) is 0.221. The molecule has 1 aromatic carbocycles. The van der Waals surface area contributed by atoms with Crippen molar-refractivity contribution in [3.63, 3.8) is 0 Å². The van der Waals surface area contributed by atoms with Crippen molar-refractivity contribution >= 4 is 34.5 Å². The first kappa shape index (κ1) is 26.4. The molecular weight excluding hydrogens is 528 g/mol. The molecule has 0 spiro atoms. The average Bonchev–Trinajstić information content (AvgIpc) is 3.49. The maximum Gasteiger partial charge on any atom is 0.260 e. The van der Waals surface area contributed by atoms with Crippen molar-refractivity contribution < 1.29 is 9.53 Å². The summed E-state index contributed by atoms with van der Waals surface area (Å²) in [6.45, 7) is 1.22. The molecule has 0 bridgehead atoms. The summed E-state index contributed by atoms with van der Waals surface area (Å²) in [6.07, 6.45) is 11.0. The number of fused-ring (bicyclic) bond motifs is 1. The molecule has 6 rings (SSSR count). The lowest BCUT2D eigenvalue weighted by atomic mass is 10.0. The molecule has 4 heterocycles. The number of aromatic nitrogens is 4. The summed E-state index contributed by atoms with van der Waals surface area (Å²) in [5, 5.41) is 7.53. The van der Waals surface area contributed by atoms with Gasteiger partial charge in [0, 0.05) is 71.0 Å². The van der Waals surface area contributed by atoms with Gasteiger partial charge in [0.1, 0.15) is 12.2 Å². The highest BCUT2D eigenvalue weighted by Gasteiger charge is 2.22. The number of carbonyl (C=O) groups excluding carboxylic acids is 1. The lowest BCUT2D eigenvalue weighted by Gasteiger charge is -2.23. The maximum absolute atomic E-state index is 14.0. The minimum Gasteiger partial charge on any atom is -0.381 e. The molecule has 2 aliphatic rings. The van der Waals surface area contributed by atoms with E-state index in [2.05, 4.69) is 20.6 Å². The normalized spacial score (nSPS) is 16.3. The molecule has 206 valence electrons. The Balaban J connectivity index is 1.40. The molecule has 0 atom stereocenters. The number of hydrogen-bond acceptors (Lipinski definition) is 7. The fourth-order valence-electron chi connectivity index (χ4n) is 5.53. The number of carbonyl (C=O) groups is 1. The third-order valence-electron chi connectivity index (χ3n) is 7.66. The average molecular weight is 559 g/mol. The quantitative estimate of drug-likeness (QED) is 0.334. The van der Waals surface area contributed by atoms with Gasteiger partial charge in [0.2, 0.25) is 11.9 Å². The summed E-state index contributed by atoms with van der Waals surface area (Å²) >= 11 is 6.74. The first-order valence-electron chi connectivity index (χ1n) is 13.8. The zero-order chi connectivity index (χ0) is 27.5. The minimum absolute atomic E-state index is 0.140. The standard InChI is InChI=1S/C30H31ClN6O3/c31-26-15-19(20-4-3-11-32-16-20)7-8-24(26)25-14-21-17-33-30(35-23-9-12-40-13-10-23)36-28(21)37(29(25)39)18-27(38)34-22-5-1-2-6-22/h3-4,7-8,11,14-17,22-23H,1-2,5-6,9-10,12-13,18H2,(H,34,38)(H,33,35,36). The molecule has 2 fully saturated rings. The molecule has 1 saturated carbocycles. The number of nitrogens with zero attached hydrogens (tertiary/aromatic N) is 4. The molecular formula is C30H31ClN6O3. The summed E-state index contributed by atoms with van der Waals surface area (Å²) in [5.41, 5.74) is 2.86. The van der Waals surface area contributed by atoms with Crippen LogP contribution in [-0.2, 0) is 16.1 Å². The Kier molecular flexibility index (Phi) is 7.75. The molecule has 1 amide bonds. The summed E-state index contributed by atoms with van der Waals surface area (Å²) in [4.78, 5) is 40.5. The predicted octanol–water partition coefficient (Wildman–Crippen LogP) is 4.82. The Labute approximate surface area is 237 Å². The smallest absolute Gasteiger partial charge is 0.260 e. The van der Waals surface area contributed by atoms with Crippen molar-refractivity contribution in [1.29, 1.82) is 0 Å². The summed E-state index contributed by atoms with van der Waals surface area (Å²) in [6, 6.07) is 11.5. The monoisotopic (exact) mass is 558 g/mol. The number of anilines is 1. The van der Waals surface area contributed by atoms with Crippen LogP contribution in [0.3, 0.4) is 0 Å². The van der Waals surface area contributed by atoms with E-state index in [1.807, 2.05) is 30.3 Å². The van der Waals surface area contributed by atoms with Crippen LogP contribution in [0, 0.1) is 0 Å². The Morgan fingerprint density at radius 1 is 1.00 bits per heavy atom. The summed E-state index contributed by atoms with van der Waals surface area (Å²) in [7, 11) is 0. The van der Waals surface area contributed by atoms with Crippen LogP contribution in [0.1, 0.15) is 38.5 Å². The molecule has 0 unspecified atom stereocenters. The van der Waals surface area contributed by atoms with Crippen LogP contribution in [0.25, 0.3) is 33.3 Å². The molecule has 40 heavy (non-hydrogen) atoms. The Hall–Kier alpha value is -3.82. The van der Waals surface area contributed by atoms with E-state index in [9.17, 15) is 9.59 Å². The van der Waals surface area contributed by atoms with Crippen LogP contribution >= 0.6 is 11.6 Å². The van der Waals surface area contributed by atoms with E-state index in [0.717, 1.165) is 49.7 Å². The summed E-state index contributed by atoms with van der Waals surface area (Å²) < 4.78 is 6.90. The second-order valence-electron chi connectivity index (χ2n) is 10.4. The van der Waals surface area contributed by atoms with E-state index in [1.54, 1.807) is 24.7 Å². The lowest BCUT2D eigenvalue weighted by Crippen LogP contribution is -2.38. The predicted molar refractivity (Wildman–Crippen MR) is 155 cm³/mol. The highest BCUT2D eigenvalue weighted by Crippen LogP contribution is 2.32. The number of rotatable bonds is 7. The van der Waals surface area contributed by atoms with Gasteiger partial charge in [-0.15, -0.1) is 0 Å². The fourth-order valence-corrected chi connectivity index (χ4v) is 5.81. The van der Waals surface area contributed by atoms with Gasteiger partial charge in [-0.25, -0.2) is 4.98 Å². The fraction of sp³-hybridized carbons (Fsp3) is 0.367. The number of hydrogen-bond donors (Lipinski definition) is 2. The second-order valence-corrected chi connectivity index (χ2v) is 10.8. The van der Waals surface area contributed by atoms with Crippen molar-refractivity contribution in [1.82, 2.24) is 24.8 Å². The highest BCUT2D eigenvalue weighted by atomic mass is 35.5. The van der Waals surface area contributed by atoms with E-state index in [0.29, 0.717) is 46.3 Å². The minimum atomic E-state index is -0.333. The van der Waals surface area contributed by atoms with Crippen molar-refractivity contribution in [2.75, 3.05) is 18.5 Å². The van der Waals surface area contributed by atoms with Crippen molar-refractivity contribution in [3.05, 3.63) is 70.4 Å². The van der Waals surface area contributed by atoms with Crippen LogP contribution in [0.4, 0.5) is 5.95 Å². The molecule has 1 saturated heterocycles. The van der Waals surface area contributed by atoms with Gasteiger partial charge in [-0.05, 0) is 49.4 Å². The van der Waals surface area contributed by atoms with Gasteiger partial charge in [-0.1, -0.05) is 42.6 Å². The van der Waals surface area contributed by atoms with Gasteiger partial charge >= 0.3 is 0 Å². The van der Waals surface area contributed by atoms with Crippen LogP contribution < -0.4 is 16.2 Å². The third-order valence-corrected chi connectivity index (χ3v) is 7.97. The van der Waals surface area contributed by atoms with E-state index in [4.69, 9.17) is 21.3 Å². The molecule has 1 aliphatic heterocycles. The SMILES string of the molecule is O=C(Cn1c(=O)c(-c2ccc(-c3cccnc3)cc2Cl)cc2cnc(NC3CCOCC3)nc21)NC1CCCC1. The number of halogens is 1. The number of ether oxygens (including phenoxy) is 1. The highest BCUT2D eigenvalue weighted by molar-refractivity contribution is 6.33. The van der Waals surface area contributed by atoms with Crippen LogP contribution in [0.2, 0.25) is 5.02 Å². The first-order chi connectivity index (χ1) is 19.5. The van der Waals surface area contributed by atoms with Crippen LogP contribution in [0.5, 0.6) is 0 Å². The maximum atomic E-state index is 14.0. The van der Waals surface area contributed by atoms with E-state index < -0.39 is 0 Å². The third kappa shape index (κ3) is 5.71. The number of benzene rings is 1. The van der Waals surface area contributed by atoms with Crippen LogP contribution in [-0.4, -0.2) is 50.7 Å². The van der Waals surface area contributed by atoms with Gasteiger partial charge < -0.3 is 15.4 Å². The second kappa shape index (κ2) is 11.7. The molecule has 3 aromatic heterocycles. The zero-order valence-electron chi connectivity index (χ0n) is 22.1. The number of pyridine rings is 2. The van der Waals surface area contributed by atoms with Gasteiger partial charge in [0.15, 0.2) is 0 Å². The first-order valence-corrected chi connectivity index (χ1v) is 14.2. The van der Waals surface area contributed by atoms with Gasteiger partial charge in [0.25, 0.3) is 5.56 Å². The van der Waals surface area contributed by atoms with E-state index >= 15 is 0 Å². The molecule has 0 radical (unpaired) electrons. The van der Waals surface area contributed by atoms with Gasteiger partial charge in [0.05, 0.1) is 0 Å². The zero-order valence-corrected chi connectivity index (χ0v) is 22.9. The van der Waals surface area contributed by atoms with Crippen molar-refractivity contribution in [2.45, 2.75) is 57.2 Å². The number of amides is 1. The molecule has 2 N–H and O–H groups in total. The molecule has 9 nitrogen and oxygen atoms in total. The Morgan fingerprint density at radius 3 is 2.58 bits per heavy atom. The lowest BCUT2D eigenvalue weighted by molar-refractivity contribution is -0.122. The van der Waals surface area contributed by atoms with E-state index in [1.165, 1.54) is 4.57 Å². The molecule has 4 aromatic rings. The Morgan fingerprint density at radius 2 is 1.82 bits per heavy atom. The molecule has 1 aliphatic carbocycles. The van der Waals surface area contributed by atoms with Crippen LogP contribution in [0.15, 0.2) is 59.8 Å². The molecule has 10 heteroatoms. The van der Waals surface area contributed by atoms with Gasteiger partial charge in [-0.2, -0.15) is 4.98 Å². The van der Waals surface area contributed by atoms with Crippen molar-refractivity contribution in [2.24, 2.45) is 0 Å². The Bertz CT molecular complexity index is 1580.